The number of carbonyl (C=O) groups is 2. The lowest BCUT2D eigenvalue weighted by molar-refractivity contribution is -0.164. The van der Waals surface area contributed by atoms with Crippen LogP contribution >= 0.6 is 0 Å². The average Bonchev–Trinajstić information content (AvgIpc) is 3.16. The van der Waals surface area contributed by atoms with E-state index < -0.39 is 12.1 Å². The zero-order valence-corrected chi connectivity index (χ0v) is 14.7. The number of morpholine rings is 1. The van der Waals surface area contributed by atoms with Crippen LogP contribution in [-0.2, 0) is 9.53 Å². The van der Waals surface area contributed by atoms with Gasteiger partial charge in [-0.25, -0.2) is 0 Å². The fourth-order valence-corrected chi connectivity index (χ4v) is 3.21. The van der Waals surface area contributed by atoms with E-state index in [4.69, 9.17) is 9.15 Å². The number of aliphatic hydroxyl groups excluding tert-OH is 1. The summed E-state index contributed by atoms with van der Waals surface area (Å²) in [5.74, 6) is -0.227. The van der Waals surface area contributed by atoms with Gasteiger partial charge in [-0.1, -0.05) is 12.1 Å². The molecular weight excluding hydrogens is 336 g/mol. The minimum atomic E-state index is -0.445. The van der Waals surface area contributed by atoms with Crippen molar-refractivity contribution in [3.63, 3.8) is 0 Å². The minimum absolute atomic E-state index is 0.0175. The van der Waals surface area contributed by atoms with E-state index in [0.717, 1.165) is 5.56 Å². The largest absolute Gasteiger partial charge is 0.459 e. The molecule has 1 aromatic carbocycles. The predicted octanol–water partition coefficient (Wildman–Crippen LogP) is 2.20. The number of nitrogens with zero attached hydrogens (tertiary/aromatic N) is 1. The molecule has 2 amide bonds. The third-order valence-corrected chi connectivity index (χ3v) is 4.37. The van der Waals surface area contributed by atoms with E-state index in [1.165, 1.54) is 6.26 Å². The molecule has 3 rings (SSSR count). The Hall–Kier alpha value is -2.64. The molecule has 7 heteroatoms. The lowest BCUT2D eigenvalue weighted by Gasteiger charge is -2.42. The Bertz CT molecular complexity index is 755. The summed E-state index contributed by atoms with van der Waals surface area (Å²) in [7, 11) is 0. The molecular formula is C19H22N2O5. The molecule has 2 N–H and O–H groups in total. The van der Waals surface area contributed by atoms with Gasteiger partial charge in [-0.05, 0) is 43.7 Å². The number of amides is 2. The molecule has 2 heterocycles. The van der Waals surface area contributed by atoms with E-state index in [0.29, 0.717) is 5.69 Å². The molecule has 138 valence electrons. The zero-order valence-electron chi connectivity index (χ0n) is 14.7. The van der Waals surface area contributed by atoms with Crippen LogP contribution in [0.1, 0.15) is 36.1 Å². The van der Waals surface area contributed by atoms with E-state index >= 15 is 0 Å². The maximum Gasteiger partial charge on any atom is 0.291 e. The number of hydrogen-bond donors (Lipinski definition) is 2. The summed E-state index contributed by atoms with van der Waals surface area (Å²) >= 11 is 0. The number of nitrogens with one attached hydrogen (secondary N) is 1. The summed E-state index contributed by atoms with van der Waals surface area (Å²) in [5, 5.41) is 12.5. The normalized spacial score (nSPS) is 20.5. The molecule has 2 atom stereocenters. The SMILES string of the molecule is CC(C)N1C(=O)CO[C@H](c2ccc(NC(=O)c3ccco3)cc2)[C@H]1CO. The molecule has 0 bridgehead atoms. The Labute approximate surface area is 151 Å². The maximum atomic E-state index is 12.1. The lowest BCUT2D eigenvalue weighted by Crippen LogP contribution is -2.55. The number of anilines is 1. The van der Waals surface area contributed by atoms with Gasteiger partial charge in [0.2, 0.25) is 5.91 Å². The smallest absolute Gasteiger partial charge is 0.291 e. The van der Waals surface area contributed by atoms with Crippen LogP contribution in [0.5, 0.6) is 0 Å². The van der Waals surface area contributed by atoms with Gasteiger partial charge in [0.05, 0.1) is 18.9 Å². The van der Waals surface area contributed by atoms with Crippen molar-refractivity contribution < 1.29 is 23.8 Å². The van der Waals surface area contributed by atoms with Crippen molar-refractivity contribution in [1.82, 2.24) is 4.90 Å². The van der Waals surface area contributed by atoms with Crippen LogP contribution in [0.4, 0.5) is 5.69 Å². The van der Waals surface area contributed by atoms with Gasteiger partial charge < -0.3 is 24.5 Å². The molecule has 26 heavy (non-hydrogen) atoms. The Morgan fingerprint density at radius 1 is 1.31 bits per heavy atom. The van der Waals surface area contributed by atoms with Crippen LogP contribution in [0.2, 0.25) is 0 Å². The van der Waals surface area contributed by atoms with E-state index in [-0.39, 0.29) is 36.8 Å². The van der Waals surface area contributed by atoms with E-state index in [2.05, 4.69) is 5.32 Å². The van der Waals surface area contributed by atoms with Gasteiger partial charge >= 0.3 is 0 Å². The van der Waals surface area contributed by atoms with E-state index in [1.54, 1.807) is 29.2 Å². The second-order valence-corrected chi connectivity index (χ2v) is 6.43. The van der Waals surface area contributed by atoms with E-state index in [1.807, 2.05) is 26.0 Å². The second kappa shape index (κ2) is 7.72. The summed E-state index contributed by atoms with van der Waals surface area (Å²) in [6.07, 6.45) is 1.02. The Morgan fingerprint density at radius 3 is 2.62 bits per heavy atom. The zero-order chi connectivity index (χ0) is 18.7. The Morgan fingerprint density at radius 2 is 2.04 bits per heavy atom. The van der Waals surface area contributed by atoms with Crippen molar-refractivity contribution in [1.29, 1.82) is 0 Å². The van der Waals surface area contributed by atoms with Gasteiger partial charge in [-0.15, -0.1) is 0 Å². The van der Waals surface area contributed by atoms with Crippen LogP contribution in [0, 0.1) is 0 Å². The third-order valence-electron chi connectivity index (χ3n) is 4.37. The van der Waals surface area contributed by atoms with Gasteiger partial charge in [0.25, 0.3) is 5.91 Å². The number of rotatable bonds is 5. The highest BCUT2D eigenvalue weighted by atomic mass is 16.5. The van der Waals surface area contributed by atoms with Crippen molar-refractivity contribution in [2.45, 2.75) is 32.0 Å². The fraction of sp³-hybridized carbons (Fsp3) is 0.368. The highest BCUT2D eigenvalue weighted by molar-refractivity contribution is 6.02. The number of hydrogen-bond acceptors (Lipinski definition) is 5. The number of carbonyl (C=O) groups excluding carboxylic acids is 2. The maximum absolute atomic E-state index is 12.1. The molecule has 1 aromatic heterocycles. The van der Waals surface area contributed by atoms with Crippen LogP contribution in [0.15, 0.2) is 47.1 Å². The molecule has 0 aliphatic carbocycles. The summed E-state index contributed by atoms with van der Waals surface area (Å²) in [4.78, 5) is 25.8. The summed E-state index contributed by atoms with van der Waals surface area (Å²) < 4.78 is 10.7. The Balaban J connectivity index is 1.75. The van der Waals surface area contributed by atoms with Gasteiger partial charge in [0, 0.05) is 11.7 Å². The number of furan rings is 1. The summed E-state index contributed by atoms with van der Waals surface area (Å²) in [6.45, 7) is 3.62. The van der Waals surface area contributed by atoms with Crippen molar-refractivity contribution in [2.24, 2.45) is 0 Å². The monoisotopic (exact) mass is 358 g/mol. The summed E-state index contributed by atoms with van der Waals surface area (Å²) in [5.41, 5.74) is 1.45. The predicted molar refractivity (Wildman–Crippen MR) is 94.7 cm³/mol. The minimum Gasteiger partial charge on any atom is -0.459 e. The molecule has 1 aliphatic rings. The first-order chi connectivity index (χ1) is 12.5. The highest BCUT2D eigenvalue weighted by Crippen LogP contribution is 2.31. The lowest BCUT2D eigenvalue weighted by atomic mass is 9.98. The number of benzene rings is 1. The van der Waals surface area contributed by atoms with Crippen molar-refractivity contribution in [2.75, 3.05) is 18.5 Å². The van der Waals surface area contributed by atoms with Crippen LogP contribution in [-0.4, -0.2) is 47.1 Å². The van der Waals surface area contributed by atoms with Crippen LogP contribution < -0.4 is 5.32 Å². The number of ether oxygens (including phenoxy) is 1. The van der Waals surface area contributed by atoms with Gasteiger partial charge in [-0.2, -0.15) is 0 Å². The van der Waals surface area contributed by atoms with Crippen molar-refractivity contribution >= 4 is 17.5 Å². The molecule has 1 aliphatic heterocycles. The molecule has 0 spiro atoms. The van der Waals surface area contributed by atoms with Crippen molar-refractivity contribution in [3.05, 3.63) is 54.0 Å². The first-order valence-corrected chi connectivity index (χ1v) is 8.49. The number of aliphatic hydroxyl groups is 1. The van der Waals surface area contributed by atoms with Gasteiger partial charge in [-0.3, -0.25) is 9.59 Å². The molecule has 0 unspecified atom stereocenters. The fourth-order valence-electron chi connectivity index (χ4n) is 3.21. The molecule has 1 fully saturated rings. The molecule has 0 radical (unpaired) electrons. The first kappa shape index (κ1) is 18.2. The molecule has 7 nitrogen and oxygen atoms in total. The highest BCUT2D eigenvalue weighted by Gasteiger charge is 2.38. The molecule has 2 aromatic rings. The average molecular weight is 358 g/mol. The molecule has 0 saturated carbocycles. The topological polar surface area (TPSA) is 92.0 Å². The van der Waals surface area contributed by atoms with Gasteiger partial charge in [0.1, 0.15) is 12.7 Å². The standard InChI is InChI=1S/C19H22N2O5/c1-12(2)21-15(10-22)18(26-11-17(21)23)13-5-7-14(8-6-13)20-19(24)16-4-3-9-25-16/h3-9,12,15,18,22H,10-11H2,1-2H3,(H,20,24)/t15-,18-/m1/s1. The second-order valence-electron chi connectivity index (χ2n) is 6.43. The van der Waals surface area contributed by atoms with Gasteiger partial charge in [0.15, 0.2) is 5.76 Å². The third kappa shape index (κ3) is 3.63. The van der Waals surface area contributed by atoms with Crippen LogP contribution in [0.25, 0.3) is 0 Å². The first-order valence-electron chi connectivity index (χ1n) is 8.49. The van der Waals surface area contributed by atoms with Crippen LogP contribution in [0.3, 0.4) is 0 Å². The Kier molecular flexibility index (Phi) is 5.39. The molecule has 1 saturated heterocycles. The van der Waals surface area contributed by atoms with E-state index in [9.17, 15) is 14.7 Å². The summed E-state index contributed by atoms with van der Waals surface area (Å²) in [6, 6.07) is 9.91. The van der Waals surface area contributed by atoms with Crippen molar-refractivity contribution in [3.8, 4) is 0 Å². The quantitative estimate of drug-likeness (QED) is 0.855.